The van der Waals surface area contributed by atoms with E-state index in [-0.39, 0.29) is 0 Å². The molecular formula is C17H29N3O. The van der Waals surface area contributed by atoms with Gasteiger partial charge in [0, 0.05) is 32.7 Å². The Labute approximate surface area is 128 Å². The van der Waals surface area contributed by atoms with E-state index in [0.717, 1.165) is 25.3 Å². The smallest absolute Gasteiger partial charge is 0.118 e. The monoisotopic (exact) mass is 291 g/mol. The minimum Gasteiger partial charge on any atom is -0.497 e. The number of benzene rings is 1. The van der Waals surface area contributed by atoms with Crippen LogP contribution in [0.1, 0.15) is 24.8 Å². The Morgan fingerprint density at radius 2 is 1.62 bits per heavy atom. The number of unbranched alkanes of at least 4 members (excludes halogenated alkanes) is 2. The zero-order valence-corrected chi connectivity index (χ0v) is 13.3. The van der Waals surface area contributed by atoms with Gasteiger partial charge >= 0.3 is 0 Å². The first-order valence-corrected chi connectivity index (χ1v) is 8.09. The Hall–Kier alpha value is -1.10. The van der Waals surface area contributed by atoms with E-state index in [2.05, 4.69) is 21.9 Å². The van der Waals surface area contributed by atoms with Gasteiger partial charge in [-0.25, -0.2) is 0 Å². The van der Waals surface area contributed by atoms with Gasteiger partial charge in [-0.15, -0.1) is 0 Å². The molecule has 1 aliphatic rings. The van der Waals surface area contributed by atoms with Crippen LogP contribution in [0.3, 0.4) is 0 Å². The first-order valence-electron chi connectivity index (χ1n) is 8.09. The van der Waals surface area contributed by atoms with Gasteiger partial charge in [0.2, 0.25) is 0 Å². The highest BCUT2D eigenvalue weighted by Gasteiger charge is 2.16. The normalized spacial score (nSPS) is 17.0. The lowest BCUT2D eigenvalue weighted by Crippen LogP contribution is -2.46. The fourth-order valence-electron chi connectivity index (χ4n) is 2.82. The molecular weight excluding hydrogens is 262 g/mol. The molecule has 0 saturated carbocycles. The molecule has 0 aromatic heterocycles. The SMILES string of the molecule is COc1ccc(CN2CCN(CCCCCN)CC2)cc1. The second-order valence-electron chi connectivity index (χ2n) is 5.82. The van der Waals surface area contributed by atoms with Crippen LogP contribution < -0.4 is 10.5 Å². The predicted octanol–water partition coefficient (Wildman–Crippen LogP) is 1.94. The summed E-state index contributed by atoms with van der Waals surface area (Å²) in [6, 6.07) is 8.42. The third-order valence-electron chi connectivity index (χ3n) is 4.21. The Balaban J connectivity index is 1.66. The third-order valence-corrected chi connectivity index (χ3v) is 4.21. The Morgan fingerprint density at radius 3 is 2.24 bits per heavy atom. The highest BCUT2D eigenvalue weighted by atomic mass is 16.5. The number of ether oxygens (including phenoxy) is 1. The van der Waals surface area contributed by atoms with Crippen LogP contribution in [0.4, 0.5) is 0 Å². The molecule has 1 aromatic carbocycles. The maximum absolute atomic E-state index is 5.53. The van der Waals surface area contributed by atoms with Crippen molar-refractivity contribution in [1.29, 1.82) is 0 Å². The Kier molecular flexibility index (Phi) is 7.00. The van der Waals surface area contributed by atoms with Crippen LogP contribution in [0.25, 0.3) is 0 Å². The van der Waals surface area contributed by atoms with Crippen molar-refractivity contribution in [2.24, 2.45) is 5.73 Å². The standard InChI is InChI=1S/C17H29N3O/c1-21-17-7-5-16(6-8-17)15-20-13-11-19(12-14-20)10-4-2-3-9-18/h5-8H,2-4,9-15,18H2,1H3. The summed E-state index contributed by atoms with van der Waals surface area (Å²) in [6.45, 7) is 7.83. The number of nitrogens with zero attached hydrogens (tertiary/aromatic N) is 2. The van der Waals surface area contributed by atoms with Crippen molar-refractivity contribution in [3.63, 3.8) is 0 Å². The van der Waals surface area contributed by atoms with E-state index < -0.39 is 0 Å². The van der Waals surface area contributed by atoms with Crippen LogP contribution in [-0.4, -0.2) is 56.2 Å². The van der Waals surface area contributed by atoms with E-state index in [1.54, 1.807) is 7.11 Å². The summed E-state index contributed by atoms with van der Waals surface area (Å²) in [4.78, 5) is 5.12. The van der Waals surface area contributed by atoms with Gasteiger partial charge in [0.05, 0.1) is 7.11 Å². The van der Waals surface area contributed by atoms with Crippen molar-refractivity contribution in [2.75, 3.05) is 46.4 Å². The molecule has 1 aromatic rings. The molecule has 0 radical (unpaired) electrons. The molecule has 0 aliphatic carbocycles. The summed E-state index contributed by atoms with van der Waals surface area (Å²) in [5.41, 5.74) is 6.90. The van der Waals surface area contributed by atoms with E-state index in [0.29, 0.717) is 0 Å². The van der Waals surface area contributed by atoms with Gasteiger partial charge in [0.15, 0.2) is 0 Å². The largest absolute Gasteiger partial charge is 0.497 e. The minimum absolute atomic E-state index is 0.829. The van der Waals surface area contributed by atoms with Gasteiger partial charge in [-0.05, 0) is 43.6 Å². The van der Waals surface area contributed by atoms with Gasteiger partial charge in [0.25, 0.3) is 0 Å². The summed E-state index contributed by atoms with van der Waals surface area (Å²) < 4.78 is 5.20. The van der Waals surface area contributed by atoms with Crippen molar-refractivity contribution in [3.05, 3.63) is 29.8 Å². The van der Waals surface area contributed by atoms with Crippen LogP contribution in [0.5, 0.6) is 5.75 Å². The van der Waals surface area contributed by atoms with Gasteiger partial charge in [-0.3, -0.25) is 4.90 Å². The fraction of sp³-hybridized carbons (Fsp3) is 0.647. The quantitative estimate of drug-likeness (QED) is 0.743. The molecule has 0 unspecified atom stereocenters. The zero-order valence-electron chi connectivity index (χ0n) is 13.3. The van der Waals surface area contributed by atoms with E-state index in [4.69, 9.17) is 10.5 Å². The Morgan fingerprint density at radius 1 is 0.952 bits per heavy atom. The van der Waals surface area contributed by atoms with Gasteiger partial charge in [-0.2, -0.15) is 0 Å². The van der Waals surface area contributed by atoms with E-state index >= 15 is 0 Å². The van der Waals surface area contributed by atoms with E-state index in [1.165, 1.54) is 51.1 Å². The number of methoxy groups -OCH3 is 1. The molecule has 2 rings (SSSR count). The second kappa shape index (κ2) is 9.03. The summed E-state index contributed by atoms with van der Waals surface area (Å²) >= 11 is 0. The molecule has 118 valence electrons. The molecule has 1 aliphatic heterocycles. The molecule has 21 heavy (non-hydrogen) atoms. The lowest BCUT2D eigenvalue weighted by Gasteiger charge is -2.34. The van der Waals surface area contributed by atoms with Crippen molar-refractivity contribution in [2.45, 2.75) is 25.8 Å². The van der Waals surface area contributed by atoms with Gasteiger partial charge < -0.3 is 15.4 Å². The molecule has 1 saturated heterocycles. The van der Waals surface area contributed by atoms with Crippen LogP contribution in [0.15, 0.2) is 24.3 Å². The van der Waals surface area contributed by atoms with Crippen molar-refractivity contribution in [3.8, 4) is 5.75 Å². The zero-order chi connectivity index (χ0) is 14.9. The summed E-state index contributed by atoms with van der Waals surface area (Å²) in [5, 5.41) is 0. The molecule has 0 atom stereocenters. The summed E-state index contributed by atoms with van der Waals surface area (Å²) in [7, 11) is 1.71. The maximum Gasteiger partial charge on any atom is 0.118 e. The van der Waals surface area contributed by atoms with Crippen LogP contribution in [0, 0.1) is 0 Å². The minimum atomic E-state index is 0.829. The predicted molar refractivity (Wildman–Crippen MR) is 87.6 cm³/mol. The first kappa shape index (κ1) is 16.3. The molecule has 0 bridgehead atoms. The fourth-order valence-corrected chi connectivity index (χ4v) is 2.82. The average molecular weight is 291 g/mol. The number of piperazine rings is 1. The number of nitrogens with two attached hydrogens (primary N) is 1. The highest BCUT2D eigenvalue weighted by molar-refractivity contribution is 5.27. The number of rotatable bonds is 8. The molecule has 0 amide bonds. The lowest BCUT2D eigenvalue weighted by molar-refractivity contribution is 0.125. The number of hydrogen-bond acceptors (Lipinski definition) is 4. The van der Waals surface area contributed by atoms with Gasteiger partial charge in [0.1, 0.15) is 5.75 Å². The van der Waals surface area contributed by atoms with Crippen LogP contribution in [0.2, 0.25) is 0 Å². The third kappa shape index (κ3) is 5.65. The van der Waals surface area contributed by atoms with Crippen molar-refractivity contribution in [1.82, 2.24) is 9.80 Å². The van der Waals surface area contributed by atoms with E-state index in [1.807, 2.05) is 12.1 Å². The first-order chi connectivity index (χ1) is 10.3. The molecule has 4 heteroatoms. The molecule has 1 heterocycles. The van der Waals surface area contributed by atoms with Crippen LogP contribution in [-0.2, 0) is 6.54 Å². The van der Waals surface area contributed by atoms with Gasteiger partial charge in [-0.1, -0.05) is 18.6 Å². The summed E-state index contributed by atoms with van der Waals surface area (Å²) in [6.07, 6.45) is 3.72. The second-order valence-corrected chi connectivity index (χ2v) is 5.82. The van der Waals surface area contributed by atoms with Crippen molar-refractivity contribution < 1.29 is 4.74 Å². The topological polar surface area (TPSA) is 41.7 Å². The molecule has 1 fully saturated rings. The average Bonchev–Trinajstić information content (AvgIpc) is 2.54. The Bertz CT molecular complexity index is 386. The lowest BCUT2D eigenvalue weighted by atomic mass is 10.2. The molecule has 0 spiro atoms. The number of hydrogen-bond donors (Lipinski definition) is 1. The summed E-state index contributed by atoms with van der Waals surface area (Å²) in [5.74, 6) is 0.932. The molecule has 4 nitrogen and oxygen atoms in total. The van der Waals surface area contributed by atoms with Crippen molar-refractivity contribution >= 4 is 0 Å². The maximum atomic E-state index is 5.53. The molecule has 2 N–H and O–H groups in total. The van der Waals surface area contributed by atoms with Crippen LogP contribution >= 0.6 is 0 Å². The highest BCUT2D eigenvalue weighted by Crippen LogP contribution is 2.14. The van der Waals surface area contributed by atoms with E-state index in [9.17, 15) is 0 Å².